The molecule has 5 aromatic rings. The van der Waals surface area contributed by atoms with Crippen LogP contribution >= 0.6 is 0 Å². The fraction of sp³-hybridized carbons (Fsp3) is 0.452. The Balaban J connectivity index is 1.60. The van der Waals surface area contributed by atoms with Crippen LogP contribution in [0.1, 0.15) is 78.1 Å². The Morgan fingerprint density at radius 1 is 0.529 bits per heavy atom. The molecule has 0 spiro atoms. The quantitative estimate of drug-likeness (QED) is 0.173. The van der Waals surface area contributed by atoms with Gasteiger partial charge in [-0.05, 0) is 31.0 Å². The van der Waals surface area contributed by atoms with Crippen molar-refractivity contribution in [2.24, 2.45) is 0 Å². The molecule has 0 saturated heterocycles. The second-order valence-corrected chi connectivity index (χ2v) is 9.89. The summed E-state index contributed by atoms with van der Waals surface area (Å²) in [5, 5.41) is 2.56. The van der Waals surface area contributed by atoms with E-state index in [4.69, 9.17) is 4.98 Å². The maximum atomic E-state index is 5.35. The van der Waals surface area contributed by atoms with E-state index in [1.54, 1.807) is 0 Å². The molecule has 5 rings (SSSR count). The lowest BCUT2D eigenvalue weighted by molar-refractivity contribution is 0.582. The van der Waals surface area contributed by atoms with Crippen molar-refractivity contribution in [2.45, 2.75) is 91.1 Å². The summed E-state index contributed by atoms with van der Waals surface area (Å²) in [4.78, 5) is 5.35. The average molecular weight is 454 g/mol. The molecule has 0 unspecified atom stereocenters. The molecule has 2 aromatic carbocycles. The Labute approximate surface area is 203 Å². The van der Waals surface area contributed by atoms with Crippen molar-refractivity contribution in [1.82, 2.24) is 14.1 Å². The Kier molecular flexibility index (Phi) is 7.18. The van der Waals surface area contributed by atoms with Crippen LogP contribution in [0.3, 0.4) is 0 Å². The molecule has 3 aromatic heterocycles. The third kappa shape index (κ3) is 4.33. The second kappa shape index (κ2) is 10.6. The molecule has 0 amide bonds. The molecular formula is C31H39N3. The van der Waals surface area contributed by atoms with E-state index in [1.807, 2.05) is 0 Å². The number of aromatic nitrogens is 3. The first kappa shape index (κ1) is 23.0. The van der Waals surface area contributed by atoms with Gasteiger partial charge < -0.3 is 9.13 Å². The van der Waals surface area contributed by atoms with Gasteiger partial charge in [0.05, 0.1) is 33.1 Å². The van der Waals surface area contributed by atoms with Gasteiger partial charge >= 0.3 is 0 Å². The molecule has 0 atom stereocenters. The predicted octanol–water partition coefficient (Wildman–Crippen LogP) is 9.24. The molecule has 3 heterocycles. The van der Waals surface area contributed by atoms with Crippen molar-refractivity contribution in [3.8, 4) is 0 Å². The first-order valence-electron chi connectivity index (χ1n) is 13.6. The topological polar surface area (TPSA) is 22.8 Å². The van der Waals surface area contributed by atoms with Crippen molar-refractivity contribution in [3.05, 3.63) is 54.6 Å². The zero-order valence-corrected chi connectivity index (χ0v) is 21.0. The van der Waals surface area contributed by atoms with Crippen molar-refractivity contribution in [2.75, 3.05) is 0 Å². The van der Waals surface area contributed by atoms with Crippen LogP contribution in [0.2, 0.25) is 0 Å². The highest BCUT2D eigenvalue weighted by atomic mass is 15.0. The molecule has 3 heteroatoms. The van der Waals surface area contributed by atoms with Gasteiger partial charge in [-0.2, -0.15) is 0 Å². The molecule has 34 heavy (non-hydrogen) atoms. The Bertz CT molecular complexity index is 1280. The normalized spacial score (nSPS) is 12.1. The minimum Gasteiger partial charge on any atom is -0.339 e. The molecule has 0 fully saturated rings. The van der Waals surface area contributed by atoms with Crippen LogP contribution in [0, 0.1) is 0 Å². The number of unbranched alkanes of at least 4 members (excludes halogenated alkanes) is 8. The SMILES string of the molecule is CCCCCCCn1c2ccccc2c2nc3c4ccccc4n(CCCCCCC)c3cc21. The van der Waals surface area contributed by atoms with Gasteiger partial charge in [-0.25, -0.2) is 4.98 Å². The standard InChI is InChI=1S/C31H39N3/c1-3-5-7-9-15-21-33-26-19-13-11-17-24(26)30-28(33)23-29-31(32-30)25-18-12-14-20-27(25)34(29)22-16-10-8-6-4-2/h11-14,17-20,23H,3-10,15-16,21-22H2,1-2H3. The first-order chi connectivity index (χ1) is 16.8. The summed E-state index contributed by atoms with van der Waals surface area (Å²) in [5.41, 5.74) is 7.54. The number of fused-ring (bicyclic) bond motifs is 6. The monoisotopic (exact) mass is 453 g/mol. The summed E-state index contributed by atoms with van der Waals surface area (Å²) in [7, 11) is 0. The van der Waals surface area contributed by atoms with E-state index in [9.17, 15) is 0 Å². The Morgan fingerprint density at radius 3 is 1.44 bits per heavy atom. The second-order valence-electron chi connectivity index (χ2n) is 9.89. The van der Waals surface area contributed by atoms with E-state index in [0.717, 1.165) is 24.1 Å². The van der Waals surface area contributed by atoms with Gasteiger partial charge in [-0.3, -0.25) is 0 Å². The predicted molar refractivity (Wildman–Crippen MR) is 148 cm³/mol. The highest BCUT2D eigenvalue weighted by molar-refractivity contribution is 6.14. The van der Waals surface area contributed by atoms with Crippen molar-refractivity contribution < 1.29 is 0 Å². The molecule has 0 bridgehead atoms. The van der Waals surface area contributed by atoms with Crippen LogP contribution in [0.4, 0.5) is 0 Å². The maximum Gasteiger partial charge on any atom is 0.0969 e. The molecule has 0 aliphatic carbocycles. The van der Waals surface area contributed by atoms with Crippen LogP contribution < -0.4 is 0 Å². The number of hydrogen-bond acceptors (Lipinski definition) is 1. The van der Waals surface area contributed by atoms with Crippen LogP contribution in [-0.2, 0) is 13.1 Å². The number of para-hydroxylation sites is 2. The van der Waals surface area contributed by atoms with Gasteiger partial charge in [0, 0.05) is 23.9 Å². The molecule has 3 nitrogen and oxygen atoms in total. The minimum absolute atomic E-state index is 1.07. The molecule has 0 saturated carbocycles. The summed E-state index contributed by atoms with van der Waals surface area (Å²) < 4.78 is 5.07. The third-order valence-electron chi connectivity index (χ3n) is 7.43. The Morgan fingerprint density at radius 2 is 0.971 bits per heavy atom. The van der Waals surface area contributed by atoms with Gasteiger partial charge in [0.2, 0.25) is 0 Å². The zero-order valence-electron chi connectivity index (χ0n) is 21.0. The smallest absolute Gasteiger partial charge is 0.0969 e. The highest BCUT2D eigenvalue weighted by Crippen LogP contribution is 2.35. The van der Waals surface area contributed by atoms with Crippen LogP contribution in [0.15, 0.2) is 54.6 Å². The fourth-order valence-electron chi connectivity index (χ4n) is 5.61. The van der Waals surface area contributed by atoms with Crippen LogP contribution in [0.5, 0.6) is 0 Å². The molecule has 178 valence electrons. The number of nitrogens with zero attached hydrogens (tertiary/aromatic N) is 3. The van der Waals surface area contributed by atoms with Crippen LogP contribution in [-0.4, -0.2) is 14.1 Å². The fourth-order valence-corrected chi connectivity index (χ4v) is 5.61. The number of pyridine rings is 1. The van der Waals surface area contributed by atoms with E-state index >= 15 is 0 Å². The van der Waals surface area contributed by atoms with Gasteiger partial charge in [-0.1, -0.05) is 102 Å². The van der Waals surface area contributed by atoms with Gasteiger partial charge in [0.15, 0.2) is 0 Å². The summed E-state index contributed by atoms with van der Waals surface area (Å²) in [6.07, 6.45) is 13.0. The highest BCUT2D eigenvalue weighted by Gasteiger charge is 2.17. The van der Waals surface area contributed by atoms with Crippen molar-refractivity contribution >= 4 is 43.9 Å². The van der Waals surface area contributed by atoms with Gasteiger partial charge in [-0.15, -0.1) is 0 Å². The van der Waals surface area contributed by atoms with Crippen molar-refractivity contribution in [3.63, 3.8) is 0 Å². The molecule has 0 aliphatic heterocycles. The Hall–Kier alpha value is -2.81. The summed E-state index contributed by atoms with van der Waals surface area (Å²) in [6, 6.07) is 20.1. The minimum atomic E-state index is 1.07. The number of hydrogen-bond donors (Lipinski definition) is 0. The lowest BCUT2D eigenvalue weighted by Gasteiger charge is -2.09. The third-order valence-corrected chi connectivity index (χ3v) is 7.43. The zero-order chi connectivity index (χ0) is 23.3. The van der Waals surface area contributed by atoms with Crippen LogP contribution in [0.25, 0.3) is 43.9 Å². The largest absolute Gasteiger partial charge is 0.339 e. The summed E-state index contributed by atoms with van der Waals surface area (Å²) in [5.74, 6) is 0. The molecule has 0 N–H and O–H groups in total. The number of aryl methyl sites for hydroxylation is 2. The average Bonchev–Trinajstić information content (AvgIpc) is 3.35. The molecule has 0 radical (unpaired) electrons. The molecule has 0 aliphatic rings. The number of rotatable bonds is 12. The lowest BCUT2D eigenvalue weighted by Crippen LogP contribution is -2.00. The van der Waals surface area contributed by atoms with E-state index < -0.39 is 0 Å². The first-order valence-corrected chi connectivity index (χ1v) is 13.6. The van der Waals surface area contributed by atoms with Gasteiger partial charge in [0.1, 0.15) is 0 Å². The van der Waals surface area contributed by atoms with E-state index in [2.05, 4.69) is 77.6 Å². The summed E-state index contributed by atoms with van der Waals surface area (Å²) >= 11 is 0. The van der Waals surface area contributed by atoms with E-state index in [0.29, 0.717) is 0 Å². The van der Waals surface area contributed by atoms with E-state index in [-0.39, 0.29) is 0 Å². The molecular weight excluding hydrogens is 414 g/mol. The lowest BCUT2D eigenvalue weighted by atomic mass is 10.1. The maximum absolute atomic E-state index is 5.35. The van der Waals surface area contributed by atoms with Crippen molar-refractivity contribution in [1.29, 1.82) is 0 Å². The number of benzene rings is 2. The van der Waals surface area contributed by atoms with Gasteiger partial charge in [0.25, 0.3) is 0 Å². The summed E-state index contributed by atoms with van der Waals surface area (Å²) in [6.45, 7) is 6.70. The van der Waals surface area contributed by atoms with E-state index in [1.165, 1.54) is 97.0 Å².